The summed E-state index contributed by atoms with van der Waals surface area (Å²) >= 11 is 6.08. The average Bonchev–Trinajstić information content (AvgIpc) is 2.87. The number of esters is 1. The lowest BCUT2D eigenvalue weighted by molar-refractivity contribution is -0.143. The molecule has 0 spiro atoms. The van der Waals surface area contributed by atoms with Crippen LogP contribution in [0.3, 0.4) is 0 Å². The highest BCUT2D eigenvalue weighted by Gasteiger charge is 2.25. The van der Waals surface area contributed by atoms with E-state index in [1.165, 1.54) is 7.11 Å². The fraction of sp³-hybridized carbons (Fsp3) is 0.308. The molecule has 1 aromatic carbocycles. The van der Waals surface area contributed by atoms with Gasteiger partial charge >= 0.3 is 5.97 Å². The van der Waals surface area contributed by atoms with Crippen LogP contribution in [-0.2, 0) is 9.53 Å². The van der Waals surface area contributed by atoms with Crippen molar-refractivity contribution in [2.45, 2.75) is 6.04 Å². The van der Waals surface area contributed by atoms with Gasteiger partial charge in [-0.3, -0.25) is 5.32 Å². The molecule has 0 fully saturated rings. The molecule has 1 unspecified atom stereocenters. The van der Waals surface area contributed by atoms with E-state index in [9.17, 15) is 4.79 Å². The lowest BCUT2D eigenvalue weighted by Gasteiger charge is -2.16. The smallest absolute Gasteiger partial charge is 0.327 e. The van der Waals surface area contributed by atoms with E-state index in [1.807, 2.05) is 0 Å². The number of hydrogen-bond donors (Lipinski definition) is 1. The van der Waals surface area contributed by atoms with Crippen LogP contribution >= 0.6 is 11.6 Å². The Morgan fingerprint density at radius 2 is 2.42 bits per heavy atom. The number of terminal acetylenes is 1. The number of carbonyl (C=O) groups excluding carboxylic acids is 1. The first kappa shape index (κ1) is 13.5. The number of carbonyl (C=O) groups is 1. The molecule has 0 radical (unpaired) electrons. The first-order valence-corrected chi connectivity index (χ1v) is 5.89. The average molecular weight is 282 g/mol. The Morgan fingerprint density at radius 3 is 3.11 bits per heavy atom. The Kier molecular flexibility index (Phi) is 4.15. The fourth-order valence-electron chi connectivity index (χ4n) is 1.77. The van der Waals surface area contributed by atoms with Crippen molar-refractivity contribution >= 4 is 17.6 Å². The first-order valence-electron chi connectivity index (χ1n) is 5.51. The van der Waals surface area contributed by atoms with Crippen molar-refractivity contribution in [2.24, 2.45) is 0 Å². The van der Waals surface area contributed by atoms with Gasteiger partial charge in [0.05, 0.1) is 18.7 Å². The lowest BCUT2D eigenvalue weighted by Crippen LogP contribution is -2.29. The number of ether oxygens (including phenoxy) is 3. The minimum Gasteiger partial charge on any atom is -0.468 e. The topological polar surface area (TPSA) is 56.8 Å². The van der Waals surface area contributed by atoms with Gasteiger partial charge in [-0.15, -0.1) is 6.42 Å². The second-order valence-corrected chi connectivity index (χ2v) is 4.18. The van der Waals surface area contributed by atoms with Gasteiger partial charge in [0, 0.05) is 0 Å². The molecule has 0 saturated heterocycles. The predicted octanol–water partition coefficient (Wildman–Crippen LogP) is 1.51. The summed E-state index contributed by atoms with van der Waals surface area (Å²) in [5.74, 6) is 2.93. The summed E-state index contributed by atoms with van der Waals surface area (Å²) < 4.78 is 15.2. The number of benzene rings is 1. The number of methoxy groups -OCH3 is 1. The number of rotatable bonds is 4. The lowest BCUT2D eigenvalue weighted by atomic mass is 10.1. The molecule has 0 aromatic heterocycles. The highest BCUT2D eigenvalue weighted by Crippen LogP contribution is 2.41. The van der Waals surface area contributed by atoms with Crippen molar-refractivity contribution in [1.82, 2.24) is 5.32 Å². The van der Waals surface area contributed by atoms with Gasteiger partial charge in [0.2, 0.25) is 6.79 Å². The SMILES string of the molecule is C#CCNC(C(=O)OC)c1cc(Cl)c2c(c1)OCO2. The summed E-state index contributed by atoms with van der Waals surface area (Å²) in [4.78, 5) is 11.8. The van der Waals surface area contributed by atoms with Gasteiger partial charge < -0.3 is 14.2 Å². The molecule has 2 rings (SSSR count). The molecule has 0 amide bonds. The van der Waals surface area contributed by atoms with Crippen molar-refractivity contribution in [3.05, 3.63) is 22.7 Å². The number of nitrogens with one attached hydrogen (secondary N) is 1. The van der Waals surface area contributed by atoms with Gasteiger partial charge in [-0.05, 0) is 17.7 Å². The Hall–Kier alpha value is -1.90. The molecular weight excluding hydrogens is 270 g/mol. The van der Waals surface area contributed by atoms with Gasteiger partial charge in [0.25, 0.3) is 0 Å². The van der Waals surface area contributed by atoms with Gasteiger partial charge in [-0.1, -0.05) is 17.5 Å². The zero-order chi connectivity index (χ0) is 13.8. The molecule has 0 saturated carbocycles. The minimum absolute atomic E-state index is 0.110. The van der Waals surface area contributed by atoms with E-state index in [0.717, 1.165) is 0 Å². The molecular formula is C13H12ClNO4. The highest BCUT2D eigenvalue weighted by molar-refractivity contribution is 6.32. The molecule has 0 bridgehead atoms. The van der Waals surface area contributed by atoms with Crippen LogP contribution in [0.1, 0.15) is 11.6 Å². The van der Waals surface area contributed by atoms with Crippen molar-refractivity contribution in [3.63, 3.8) is 0 Å². The molecule has 1 aromatic rings. The summed E-state index contributed by atoms with van der Waals surface area (Å²) in [5.41, 5.74) is 0.608. The monoisotopic (exact) mass is 281 g/mol. The molecule has 6 heteroatoms. The molecule has 100 valence electrons. The summed E-state index contributed by atoms with van der Waals surface area (Å²) in [6.45, 7) is 0.338. The van der Waals surface area contributed by atoms with Gasteiger partial charge in [-0.25, -0.2) is 4.79 Å². The Balaban J connectivity index is 2.34. The molecule has 1 atom stereocenters. The maximum atomic E-state index is 11.8. The van der Waals surface area contributed by atoms with Crippen LogP contribution in [-0.4, -0.2) is 26.4 Å². The third-order valence-electron chi connectivity index (χ3n) is 2.63. The fourth-order valence-corrected chi connectivity index (χ4v) is 2.04. The van der Waals surface area contributed by atoms with Crippen LogP contribution in [0.25, 0.3) is 0 Å². The molecule has 1 aliphatic heterocycles. The maximum absolute atomic E-state index is 11.8. The van der Waals surface area contributed by atoms with Crippen LogP contribution in [0.5, 0.6) is 11.5 Å². The van der Waals surface area contributed by atoms with Crippen LogP contribution < -0.4 is 14.8 Å². The Bertz CT molecular complexity index is 538. The summed E-state index contributed by atoms with van der Waals surface area (Å²) in [6, 6.07) is 2.60. The molecule has 1 aliphatic rings. The molecule has 19 heavy (non-hydrogen) atoms. The zero-order valence-electron chi connectivity index (χ0n) is 10.2. The van der Waals surface area contributed by atoms with Crippen LogP contribution in [0, 0.1) is 12.3 Å². The third-order valence-corrected chi connectivity index (χ3v) is 2.91. The second kappa shape index (κ2) is 5.83. The van der Waals surface area contributed by atoms with Crippen LogP contribution in [0.4, 0.5) is 0 Å². The highest BCUT2D eigenvalue weighted by atomic mass is 35.5. The maximum Gasteiger partial charge on any atom is 0.327 e. The Labute approximate surface area is 115 Å². The number of hydrogen-bond acceptors (Lipinski definition) is 5. The number of fused-ring (bicyclic) bond motifs is 1. The summed E-state index contributed by atoms with van der Waals surface area (Å²) in [6.07, 6.45) is 5.18. The second-order valence-electron chi connectivity index (χ2n) is 3.78. The normalized spacial score (nSPS) is 13.7. The predicted molar refractivity (Wildman–Crippen MR) is 69.2 cm³/mol. The van der Waals surface area contributed by atoms with Crippen LogP contribution in [0.2, 0.25) is 5.02 Å². The van der Waals surface area contributed by atoms with Crippen molar-refractivity contribution in [2.75, 3.05) is 20.4 Å². The number of halogens is 1. The Morgan fingerprint density at radius 1 is 1.63 bits per heavy atom. The van der Waals surface area contributed by atoms with E-state index < -0.39 is 12.0 Å². The molecule has 0 aliphatic carbocycles. The minimum atomic E-state index is -0.701. The molecule has 1 N–H and O–H groups in total. The van der Waals surface area contributed by atoms with E-state index in [1.54, 1.807) is 12.1 Å². The van der Waals surface area contributed by atoms with E-state index in [0.29, 0.717) is 22.1 Å². The standard InChI is InChI=1S/C13H12ClNO4/c1-3-4-15-11(13(16)17-2)8-5-9(14)12-10(6-8)18-7-19-12/h1,5-6,11,15H,4,7H2,2H3. The molecule has 5 nitrogen and oxygen atoms in total. The zero-order valence-corrected chi connectivity index (χ0v) is 11.0. The van der Waals surface area contributed by atoms with Crippen LogP contribution in [0.15, 0.2) is 12.1 Å². The van der Waals surface area contributed by atoms with E-state index in [2.05, 4.69) is 11.2 Å². The summed E-state index contributed by atoms with van der Waals surface area (Å²) in [7, 11) is 1.31. The van der Waals surface area contributed by atoms with Crippen molar-refractivity contribution < 1.29 is 19.0 Å². The summed E-state index contributed by atoms with van der Waals surface area (Å²) in [5, 5.41) is 3.27. The van der Waals surface area contributed by atoms with E-state index >= 15 is 0 Å². The largest absolute Gasteiger partial charge is 0.468 e. The van der Waals surface area contributed by atoms with Crippen molar-refractivity contribution in [1.29, 1.82) is 0 Å². The van der Waals surface area contributed by atoms with Crippen molar-refractivity contribution in [3.8, 4) is 23.8 Å². The molecule has 1 heterocycles. The quantitative estimate of drug-likeness (QED) is 0.670. The van der Waals surface area contributed by atoms with E-state index in [4.69, 9.17) is 32.2 Å². The van der Waals surface area contributed by atoms with Gasteiger partial charge in [0.1, 0.15) is 6.04 Å². The third kappa shape index (κ3) is 2.75. The first-order chi connectivity index (χ1) is 9.17. The van der Waals surface area contributed by atoms with E-state index in [-0.39, 0.29) is 13.3 Å². The van der Waals surface area contributed by atoms with Gasteiger partial charge in [0.15, 0.2) is 11.5 Å². The van der Waals surface area contributed by atoms with Gasteiger partial charge in [-0.2, -0.15) is 0 Å².